The Balaban J connectivity index is 1.32. The van der Waals surface area contributed by atoms with Gasteiger partial charge in [-0.2, -0.15) is 10.2 Å². The van der Waals surface area contributed by atoms with Gasteiger partial charge in [-0.15, -0.1) is 0 Å². The summed E-state index contributed by atoms with van der Waals surface area (Å²) in [6, 6.07) is 15.6. The van der Waals surface area contributed by atoms with E-state index in [1.165, 1.54) is 6.33 Å². The van der Waals surface area contributed by atoms with E-state index in [0.29, 0.717) is 30.2 Å². The van der Waals surface area contributed by atoms with E-state index in [2.05, 4.69) is 20.5 Å². The van der Waals surface area contributed by atoms with Gasteiger partial charge in [0.15, 0.2) is 0 Å². The van der Waals surface area contributed by atoms with Crippen molar-refractivity contribution in [3.8, 4) is 0 Å². The maximum absolute atomic E-state index is 12.4. The Bertz CT molecular complexity index is 1090. The van der Waals surface area contributed by atoms with E-state index in [0.717, 1.165) is 16.7 Å². The quantitative estimate of drug-likeness (QED) is 0.511. The number of hydrogen-bond acceptors (Lipinski definition) is 4. The van der Waals surface area contributed by atoms with Gasteiger partial charge < -0.3 is 5.32 Å². The summed E-state index contributed by atoms with van der Waals surface area (Å²) < 4.78 is 3.46. The van der Waals surface area contributed by atoms with Crippen molar-refractivity contribution in [2.45, 2.75) is 19.6 Å². The third kappa shape index (κ3) is 4.89. The normalized spacial score (nSPS) is 10.8. The molecule has 29 heavy (non-hydrogen) atoms. The van der Waals surface area contributed by atoms with Gasteiger partial charge in [0, 0.05) is 17.8 Å². The van der Waals surface area contributed by atoms with Crippen molar-refractivity contribution in [3.63, 3.8) is 0 Å². The lowest BCUT2D eigenvalue weighted by Crippen LogP contribution is -2.22. The summed E-state index contributed by atoms with van der Waals surface area (Å²) in [5.74, 6) is -0.165. The lowest BCUT2D eigenvalue weighted by Gasteiger charge is -2.06. The van der Waals surface area contributed by atoms with Gasteiger partial charge >= 0.3 is 0 Å². The maximum Gasteiger partial charge on any atom is 0.254 e. The number of halogens is 1. The molecule has 2 aromatic carbocycles. The fourth-order valence-electron chi connectivity index (χ4n) is 2.92. The van der Waals surface area contributed by atoms with Crippen LogP contribution in [0.15, 0.2) is 73.6 Å². The average Bonchev–Trinajstić information content (AvgIpc) is 3.41. The van der Waals surface area contributed by atoms with Crippen molar-refractivity contribution in [2.75, 3.05) is 0 Å². The van der Waals surface area contributed by atoms with Crippen LogP contribution in [0.3, 0.4) is 0 Å². The van der Waals surface area contributed by atoms with Gasteiger partial charge in [-0.05, 0) is 22.8 Å². The molecule has 1 amide bonds. The van der Waals surface area contributed by atoms with Gasteiger partial charge in [0.1, 0.15) is 12.7 Å². The fourth-order valence-corrected chi connectivity index (χ4v) is 3.11. The summed E-state index contributed by atoms with van der Waals surface area (Å²) in [5, 5.41) is 12.0. The predicted molar refractivity (Wildman–Crippen MR) is 110 cm³/mol. The molecular formula is C21H19ClN6O. The highest BCUT2D eigenvalue weighted by Gasteiger charge is 2.09. The van der Waals surface area contributed by atoms with Crippen molar-refractivity contribution < 1.29 is 4.79 Å². The van der Waals surface area contributed by atoms with Gasteiger partial charge in [-0.3, -0.25) is 9.48 Å². The first-order chi connectivity index (χ1) is 14.2. The van der Waals surface area contributed by atoms with Crippen molar-refractivity contribution in [3.05, 3.63) is 101 Å². The van der Waals surface area contributed by atoms with Crippen molar-refractivity contribution in [1.82, 2.24) is 29.9 Å². The molecule has 4 aromatic rings. The topological polar surface area (TPSA) is 77.6 Å². The Morgan fingerprint density at radius 3 is 2.52 bits per heavy atom. The summed E-state index contributed by atoms with van der Waals surface area (Å²) in [4.78, 5) is 16.4. The molecule has 4 rings (SSSR count). The monoisotopic (exact) mass is 406 g/mol. The first-order valence-electron chi connectivity index (χ1n) is 9.12. The predicted octanol–water partition coefficient (Wildman–Crippen LogP) is 3.15. The summed E-state index contributed by atoms with van der Waals surface area (Å²) in [6.45, 7) is 1.62. The number of hydrogen-bond donors (Lipinski definition) is 1. The molecule has 0 aliphatic carbocycles. The zero-order valence-corrected chi connectivity index (χ0v) is 16.3. The van der Waals surface area contributed by atoms with Gasteiger partial charge in [-0.1, -0.05) is 54.1 Å². The van der Waals surface area contributed by atoms with Crippen LogP contribution in [0, 0.1) is 0 Å². The van der Waals surface area contributed by atoms with Crippen molar-refractivity contribution in [2.24, 2.45) is 0 Å². The second-order valence-corrected chi connectivity index (χ2v) is 7.02. The van der Waals surface area contributed by atoms with Crippen molar-refractivity contribution in [1.29, 1.82) is 0 Å². The lowest BCUT2D eigenvalue weighted by atomic mass is 10.1. The number of nitrogens with zero attached hydrogens (tertiary/aromatic N) is 5. The van der Waals surface area contributed by atoms with Crippen LogP contribution in [0.1, 0.15) is 27.0 Å². The van der Waals surface area contributed by atoms with E-state index in [9.17, 15) is 4.79 Å². The Labute approximate surface area is 173 Å². The molecule has 0 aliphatic rings. The van der Waals surface area contributed by atoms with Gasteiger partial charge in [-0.25, -0.2) is 9.67 Å². The van der Waals surface area contributed by atoms with Crippen LogP contribution >= 0.6 is 11.6 Å². The number of aromatic nitrogens is 5. The molecule has 0 bridgehead atoms. The van der Waals surface area contributed by atoms with Crippen molar-refractivity contribution >= 4 is 17.5 Å². The van der Waals surface area contributed by atoms with Crippen LogP contribution in [-0.4, -0.2) is 30.5 Å². The summed E-state index contributed by atoms with van der Waals surface area (Å²) >= 11 is 6.18. The number of amides is 1. The van der Waals surface area contributed by atoms with E-state index in [1.54, 1.807) is 28.1 Å². The number of nitrogens with one attached hydrogen (secondary N) is 1. The van der Waals surface area contributed by atoms with E-state index < -0.39 is 0 Å². The number of carbonyl (C=O) groups is 1. The minimum atomic E-state index is -0.165. The Hall–Kier alpha value is -3.45. The highest BCUT2D eigenvalue weighted by Crippen LogP contribution is 2.16. The van der Waals surface area contributed by atoms with Crippen LogP contribution in [0.2, 0.25) is 5.02 Å². The molecule has 0 saturated heterocycles. The lowest BCUT2D eigenvalue weighted by molar-refractivity contribution is 0.0951. The summed E-state index contributed by atoms with van der Waals surface area (Å²) in [6.07, 6.45) is 6.48. The summed E-state index contributed by atoms with van der Waals surface area (Å²) in [5.41, 5.74) is 3.60. The standard InChI is InChI=1S/C21H19ClN6O/c22-20-4-2-1-3-18(20)12-27-13-19(10-25-27)21(29)24-9-16-5-7-17(8-6-16)11-28-15-23-14-26-28/h1-8,10,13-15H,9,11-12H2,(H,24,29). The van der Waals surface area contributed by atoms with E-state index in [4.69, 9.17) is 11.6 Å². The third-order valence-corrected chi connectivity index (χ3v) is 4.84. The largest absolute Gasteiger partial charge is 0.348 e. The molecule has 0 unspecified atom stereocenters. The second-order valence-electron chi connectivity index (χ2n) is 6.61. The molecular weight excluding hydrogens is 388 g/mol. The first-order valence-corrected chi connectivity index (χ1v) is 9.49. The molecule has 0 fully saturated rings. The minimum Gasteiger partial charge on any atom is -0.348 e. The highest BCUT2D eigenvalue weighted by molar-refractivity contribution is 6.31. The molecule has 146 valence electrons. The van der Waals surface area contributed by atoms with Crippen LogP contribution in [-0.2, 0) is 19.6 Å². The molecule has 8 heteroatoms. The molecule has 2 aromatic heterocycles. The molecule has 1 N–H and O–H groups in total. The highest BCUT2D eigenvalue weighted by atomic mass is 35.5. The third-order valence-electron chi connectivity index (χ3n) is 4.47. The molecule has 0 spiro atoms. The molecule has 2 heterocycles. The smallest absolute Gasteiger partial charge is 0.254 e. The zero-order chi connectivity index (χ0) is 20.1. The average molecular weight is 407 g/mol. The molecule has 0 atom stereocenters. The van der Waals surface area contributed by atoms with Crippen LogP contribution in [0.4, 0.5) is 0 Å². The van der Waals surface area contributed by atoms with E-state index in [-0.39, 0.29) is 5.91 Å². The van der Waals surface area contributed by atoms with E-state index >= 15 is 0 Å². The zero-order valence-electron chi connectivity index (χ0n) is 15.6. The maximum atomic E-state index is 12.4. The number of benzene rings is 2. The molecule has 0 radical (unpaired) electrons. The Morgan fingerprint density at radius 2 is 1.76 bits per heavy atom. The minimum absolute atomic E-state index is 0.165. The molecule has 0 aliphatic heterocycles. The molecule has 0 saturated carbocycles. The van der Waals surface area contributed by atoms with E-state index in [1.807, 2.05) is 48.5 Å². The number of carbonyl (C=O) groups excluding carboxylic acids is 1. The van der Waals surface area contributed by atoms with Gasteiger partial charge in [0.2, 0.25) is 0 Å². The number of rotatable bonds is 7. The van der Waals surface area contributed by atoms with Crippen LogP contribution in [0.5, 0.6) is 0 Å². The second kappa shape index (κ2) is 8.70. The van der Waals surface area contributed by atoms with Gasteiger partial charge in [0.05, 0.1) is 24.8 Å². The fraction of sp³-hybridized carbons (Fsp3) is 0.143. The Morgan fingerprint density at radius 1 is 0.966 bits per heavy atom. The van der Waals surface area contributed by atoms with Crippen LogP contribution in [0.25, 0.3) is 0 Å². The van der Waals surface area contributed by atoms with Crippen LogP contribution < -0.4 is 5.32 Å². The molecule has 7 nitrogen and oxygen atoms in total. The SMILES string of the molecule is O=C(NCc1ccc(Cn2cncn2)cc1)c1cnn(Cc2ccccc2Cl)c1. The Kier molecular flexibility index (Phi) is 5.67. The first kappa shape index (κ1) is 18.9. The summed E-state index contributed by atoms with van der Waals surface area (Å²) in [7, 11) is 0. The van der Waals surface area contributed by atoms with Gasteiger partial charge in [0.25, 0.3) is 5.91 Å².